The number of anilines is 1. The highest BCUT2D eigenvalue weighted by atomic mass is 79.9. The summed E-state index contributed by atoms with van der Waals surface area (Å²) in [6, 6.07) is 0. The minimum Gasteiger partial charge on any atom is -0.397 e. The predicted molar refractivity (Wildman–Crippen MR) is 62.1 cm³/mol. The molecule has 0 atom stereocenters. The molecule has 0 aromatic carbocycles. The molecule has 0 saturated heterocycles. The molecular weight excluding hydrogens is 248 g/mol. The maximum atomic E-state index is 5.72. The highest BCUT2D eigenvalue weighted by Crippen LogP contribution is 2.32. The summed E-state index contributed by atoms with van der Waals surface area (Å²) < 4.78 is 1.02. The van der Waals surface area contributed by atoms with Crippen LogP contribution in [-0.4, -0.2) is 10.2 Å². The lowest BCUT2D eigenvalue weighted by Crippen LogP contribution is -1.96. The van der Waals surface area contributed by atoms with Gasteiger partial charge < -0.3 is 5.73 Å². The van der Waals surface area contributed by atoms with E-state index >= 15 is 0 Å². The molecule has 0 saturated carbocycles. The summed E-state index contributed by atoms with van der Waals surface area (Å²) in [6.45, 7) is 6.28. The smallest absolute Gasteiger partial charge is 0.111 e. The number of thioether (sulfide) groups is 1. The van der Waals surface area contributed by atoms with Gasteiger partial charge in [0.25, 0.3) is 0 Å². The van der Waals surface area contributed by atoms with Gasteiger partial charge in [0.15, 0.2) is 0 Å². The van der Waals surface area contributed by atoms with Gasteiger partial charge in [0, 0.05) is 5.25 Å². The average molecular weight is 261 g/mol. The predicted octanol–water partition coefficient (Wildman–Crippen LogP) is 3.24. The number of pyridine rings is 1. The SMILES string of the molecule is Cc1c(N)cnc(SC(C)C)c1Br. The topological polar surface area (TPSA) is 38.9 Å². The molecule has 0 fully saturated rings. The number of aromatic nitrogens is 1. The van der Waals surface area contributed by atoms with E-state index in [0.717, 1.165) is 20.7 Å². The number of hydrogen-bond acceptors (Lipinski definition) is 3. The highest BCUT2D eigenvalue weighted by Gasteiger charge is 2.09. The van der Waals surface area contributed by atoms with E-state index in [-0.39, 0.29) is 0 Å². The lowest BCUT2D eigenvalue weighted by atomic mass is 10.3. The van der Waals surface area contributed by atoms with Gasteiger partial charge in [-0.3, -0.25) is 0 Å². The number of nitrogen functional groups attached to an aromatic ring is 1. The van der Waals surface area contributed by atoms with Crippen molar-refractivity contribution in [2.75, 3.05) is 5.73 Å². The molecule has 0 radical (unpaired) electrons. The van der Waals surface area contributed by atoms with Crippen molar-refractivity contribution in [1.29, 1.82) is 0 Å². The fourth-order valence-corrected chi connectivity index (χ4v) is 2.30. The lowest BCUT2D eigenvalue weighted by Gasteiger charge is -2.09. The average Bonchev–Trinajstić information content (AvgIpc) is 2.06. The van der Waals surface area contributed by atoms with Crippen molar-refractivity contribution in [3.8, 4) is 0 Å². The first kappa shape index (κ1) is 10.9. The maximum absolute atomic E-state index is 5.72. The minimum atomic E-state index is 0.534. The van der Waals surface area contributed by atoms with Crippen LogP contribution in [0.25, 0.3) is 0 Å². The van der Waals surface area contributed by atoms with Crippen LogP contribution in [0, 0.1) is 6.92 Å². The van der Waals surface area contributed by atoms with Crippen LogP contribution < -0.4 is 5.73 Å². The second-order valence-electron chi connectivity index (χ2n) is 3.12. The van der Waals surface area contributed by atoms with Crippen LogP contribution in [0.2, 0.25) is 0 Å². The van der Waals surface area contributed by atoms with E-state index in [9.17, 15) is 0 Å². The molecule has 1 aromatic heterocycles. The molecular formula is C9H13BrN2S. The molecule has 4 heteroatoms. The number of halogens is 1. The zero-order chi connectivity index (χ0) is 10.0. The van der Waals surface area contributed by atoms with Gasteiger partial charge in [0.05, 0.1) is 16.4 Å². The zero-order valence-electron chi connectivity index (χ0n) is 7.97. The summed E-state index contributed by atoms with van der Waals surface area (Å²) in [7, 11) is 0. The largest absolute Gasteiger partial charge is 0.397 e. The second kappa shape index (κ2) is 4.33. The van der Waals surface area contributed by atoms with Crippen LogP contribution in [-0.2, 0) is 0 Å². The Morgan fingerprint density at radius 2 is 2.15 bits per heavy atom. The van der Waals surface area contributed by atoms with E-state index in [1.54, 1.807) is 18.0 Å². The monoisotopic (exact) mass is 260 g/mol. The van der Waals surface area contributed by atoms with Gasteiger partial charge in [-0.25, -0.2) is 4.98 Å². The molecule has 72 valence electrons. The molecule has 1 aromatic rings. The summed E-state index contributed by atoms with van der Waals surface area (Å²) in [5, 5.41) is 1.55. The molecule has 13 heavy (non-hydrogen) atoms. The lowest BCUT2D eigenvalue weighted by molar-refractivity contribution is 1.05. The van der Waals surface area contributed by atoms with Crippen LogP contribution in [0.3, 0.4) is 0 Å². The van der Waals surface area contributed by atoms with Gasteiger partial charge in [-0.15, -0.1) is 11.8 Å². The van der Waals surface area contributed by atoms with Crippen molar-refractivity contribution in [1.82, 2.24) is 4.98 Å². The first-order valence-corrected chi connectivity index (χ1v) is 5.77. The molecule has 0 amide bonds. The molecule has 0 spiro atoms. The highest BCUT2D eigenvalue weighted by molar-refractivity contribution is 9.10. The molecule has 0 bridgehead atoms. The first-order chi connectivity index (χ1) is 6.02. The molecule has 0 unspecified atom stereocenters. The van der Waals surface area contributed by atoms with Gasteiger partial charge in [-0.2, -0.15) is 0 Å². The summed E-state index contributed by atoms with van der Waals surface area (Å²) in [6.07, 6.45) is 1.71. The fourth-order valence-electron chi connectivity index (χ4n) is 0.874. The van der Waals surface area contributed by atoms with Gasteiger partial charge >= 0.3 is 0 Å². The quantitative estimate of drug-likeness (QED) is 0.830. The van der Waals surface area contributed by atoms with Crippen LogP contribution >= 0.6 is 27.7 Å². The number of nitrogens with two attached hydrogens (primary N) is 1. The van der Waals surface area contributed by atoms with Crippen LogP contribution in [0.1, 0.15) is 19.4 Å². The van der Waals surface area contributed by atoms with Gasteiger partial charge in [0.1, 0.15) is 5.03 Å². The second-order valence-corrected chi connectivity index (χ2v) is 5.48. The van der Waals surface area contributed by atoms with Crippen molar-refractivity contribution in [2.24, 2.45) is 0 Å². The van der Waals surface area contributed by atoms with Crippen LogP contribution in [0.15, 0.2) is 15.7 Å². The Kier molecular flexibility index (Phi) is 3.62. The molecule has 1 rings (SSSR count). The van der Waals surface area contributed by atoms with Gasteiger partial charge in [-0.05, 0) is 28.4 Å². The Labute approximate surface area is 91.4 Å². The Morgan fingerprint density at radius 3 is 2.69 bits per heavy atom. The van der Waals surface area contributed by atoms with E-state index in [1.165, 1.54) is 0 Å². The minimum absolute atomic E-state index is 0.534. The fraction of sp³-hybridized carbons (Fsp3) is 0.444. The van der Waals surface area contributed by atoms with E-state index in [1.807, 2.05) is 6.92 Å². The summed E-state index contributed by atoms with van der Waals surface area (Å²) >= 11 is 5.23. The molecule has 2 nitrogen and oxygen atoms in total. The Morgan fingerprint density at radius 1 is 1.54 bits per heavy atom. The van der Waals surface area contributed by atoms with Crippen LogP contribution in [0.4, 0.5) is 5.69 Å². The Balaban J connectivity index is 3.04. The summed E-state index contributed by atoms with van der Waals surface area (Å²) in [5.74, 6) is 0. The van der Waals surface area contributed by atoms with E-state index < -0.39 is 0 Å². The summed E-state index contributed by atoms with van der Waals surface area (Å²) in [5.41, 5.74) is 7.52. The van der Waals surface area contributed by atoms with E-state index in [2.05, 4.69) is 34.8 Å². The third kappa shape index (κ3) is 2.61. The standard InChI is InChI=1S/C9H13BrN2S/c1-5(2)13-9-8(10)6(3)7(11)4-12-9/h4-5H,11H2,1-3H3. The summed E-state index contributed by atoms with van der Waals surface area (Å²) in [4.78, 5) is 4.27. The molecule has 0 aliphatic carbocycles. The normalized spacial score (nSPS) is 10.8. The van der Waals surface area contributed by atoms with Crippen molar-refractivity contribution in [2.45, 2.75) is 31.0 Å². The molecule has 0 aliphatic heterocycles. The van der Waals surface area contributed by atoms with Gasteiger partial charge in [-0.1, -0.05) is 13.8 Å². The first-order valence-electron chi connectivity index (χ1n) is 4.09. The number of nitrogens with zero attached hydrogens (tertiary/aromatic N) is 1. The molecule has 0 aliphatic rings. The van der Waals surface area contributed by atoms with E-state index in [4.69, 9.17) is 5.73 Å². The number of hydrogen-bond donors (Lipinski definition) is 1. The Hall–Kier alpha value is -0.220. The molecule has 2 N–H and O–H groups in total. The van der Waals surface area contributed by atoms with Crippen molar-refractivity contribution < 1.29 is 0 Å². The van der Waals surface area contributed by atoms with Crippen LogP contribution in [0.5, 0.6) is 0 Å². The zero-order valence-corrected chi connectivity index (χ0v) is 10.4. The third-order valence-electron chi connectivity index (χ3n) is 1.62. The van der Waals surface area contributed by atoms with Crippen molar-refractivity contribution in [3.05, 3.63) is 16.2 Å². The van der Waals surface area contributed by atoms with Crippen molar-refractivity contribution in [3.63, 3.8) is 0 Å². The third-order valence-corrected chi connectivity index (χ3v) is 3.86. The molecule has 1 heterocycles. The van der Waals surface area contributed by atoms with Crippen molar-refractivity contribution >= 4 is 33.4 Å². The van der Waals surface area contributed by atoms with E-state index in [0.29, 0.717) is 5.25 Å². The maximum Gasteiger partial charge on any atom is 0.111 e. The van der Waals surface area contributed by atoms with Gasteiger partial charge in [0.2, 0.25) is 0 Å². The Bertz CT molecular complexity index is 313. The number of rotatable bonds is 2.